The predicted molar refractivity (Wildman–Crippen MR) is 147 cm³/mol. The normalized spacial score (nSPS) is 12.9. The lowest BCUT2D eigenvalue weighted by atomic mass is 10.0. The van der Waals surface area contributed by atoms with Gasteiger partial charge in [-0.15, -0.1) is 0 Å². The van der Waals surface area contributed by atoms with E-state index in [1.54, 1.807) is 19.2 Å². The van der Waals surface area contributed by atoms with Gasteiger partial charge in [0.1, 0.15) is 17.2 Å². The lowest BCUT2D eigenvalue weighted by Crippen LogP contribution is -2.32. The van der Waals surface area contributed by atoms with Crippen molar-refractivity contribution in [3.8, 4) is 11.5 Å². The van der Waals surface area contributed by atoms with Crippen LogP contribution in [0, 0.1) is 6.92 Å². The Morgan fingerprint density at radius 3 is 2.66 bits per heavy atom. The number of aromatic nitrogens is 1. The van der Waals surface area contributed by atoms with Gasteiger partial charge < -0.3 is 35.7 Å². The Bertz CT molecular complexity index is 1410. The molecule has 6 N–H and O–H groups in total. The summed E-state index contributed by atoms with van der Waals surface area (Å²) in [6.45, 7) is 4.47. The molecule has 0 aliphatic heterocycles. The van der Waals surface area contributed by atoms with Crippen LogP contribution in [0.25, 0.3) is 10.9 Å². The summed E-state index contributed by atoms with van der Waals surface area (Å²) in [6.07, 6.45) is -0.0283. The van der Waals surface area contributed by atoms with Crippen molar-refractivity contribution in [2.45, 2.75) is 45.6 Å². The second-order valence-electron chi connectivity index (χ2n) is 9.61. The first-order valence-electron chi connectivity index (χ1n) is 12.7. The van der Waals surface area contributed by atoms with E-state index in [0.29, 0.717) is 29.9 Å². The van der Waals surface area contributed by atoms with Gasteiger partial charge in [-0.1, -0.05) is 24.3 Å². The van der Waals surface area contributed by atoms with Crippen LogP contribution in [0.1, 0.15) is 51.3 Å². The first-order valence-corrected chi connectivity index (χ1v) is 12.7. The van der Waals surface area contributed by atoms with Crippen LogP contribution in [-0.2, 0) is 19.6 Å². The van der Waals surface area contributed by atoms with Crippen molar-refractivity contribution in [2.75, 3.05) is 13.7 Å². The fourth-order valence-corrected chi connectivity index (χ4v) is 4.57. The molecule has 0 spiro atoms. The van der Waals surface area contributed by atoms with Crippen molar-refractivity contribution in [1.29, 1.82) is 0 Å². The number of H-pyrrole nitrogens is 1. The van der Waals surface area contributed by atoms with E-state index in [1.165, 1.54) is 6.07 Å². The van der Waals surface area contributed by atoms with E-state index in [9.17, 15) is 20.1 Å². The first kappa shape index (κ1) is 27.2. The number of carbonyl (C=O) groups is 1. The zero-order valence-electron chi connectivity index (χ0n) is 21.9. The molecule has 2 unspecified atom stereocenters. The third kappa shape index (κ3) is 6.34. The van der Waals surface area contributed by atoms with Gasteiger partial charge in [-0.05, 0) is 78.9 Å². The number of nitrogens with one attached hydrogen (secondary N) is 3. The molecule has 38 heavy (non-hydrogen) atoms. The van der Waals surface area contributed by atoms with Crippen LogP contribution in [0.4, 0.5) is 0 Å². The summed E-state index contributed by atoms with van der Waals surface area (Å²) in [6, 6.07) is 18.5. The van der Waals surface area contributed by atoms with Gasteiger partial charge >= 0.3 is 0 Å². The van der Waals surface area contributed by atoms with Crippen molar-refractivity contribution >= 4 is 16.8 Å². The zero-order valence-corrected chi connectivity index (χ0v) is 21.9. The van der Waals surface area contributed by atoms with E-state index < -0.39 is 6.10 Å². The smallest absolute Gasteiger partial charge is 0.267 e. The molecule has 0 aliphatic carbocycles. The number of ether oxygens (including phenoxy) is 1. The number of benzene rings is 3. The fraction of sp³-hybridized carbons (Fsp3) is 0.300. The van der Waals surface area contributed by atoms with Crippen molar-refractivity contribution in [3.63, 3.8) is 0 Å². The second-order valence-corrected chi connectivity index (χ2v) is 9.61. The molecule has 8 nitrogen and oxygen atoms in total. The molecule has 1 aromatic heterocycles. The molecule has 0 saturated carbocycles. The van der Waals surface area contributed by atoms with E-state index >= 15 is 0 Å². The number of aliphatic hydroxyl groups is 2. The van der Waals surface area contributed by atoms with E-state index in [-0.39, 0.29) is 24.3 Å². The molecule has 0 saturated heterocycles. The highest BCUT2D eigenvalue weighted by molar-refractivity contribution is 5.98. The number of rotatable bonds is 11. The molecule has 0 radical (unpaired) electrons. The fourth-order valence-electron chi connectivity index (χ4n) is 4.57. The number of aromatic amines is 1. The van der Waals surface area contributed by atoms with Gasteiger partial charge in [0.25, 0.3) is 5.91 Å². The topological polar surface area (TPSA) is 127 Å². The third-order valence-electron chi connectivity index (χ3n) is 6.85. The summed E-state index contributed by atoms with van der Waals surface area (Å²) in [5, 5.41) is 36.9. The van der Waals surface area contributed by atoms with Crippen molar-refractivity contribution in [3.05, 3.63) is 94.2 Å². The van der Waals surface area contributed by atoms with Crippen LogP contribution in [0.15, 0.2) is 60.7 Å². The highest BCUT2D eigenvalue weighted by atomic mass is 16.5. The van der Waals surface area contributed by atoms with Crippen molar-refractivity contribution in [1.82, 2.24) is 15.6 Å². The highest BCUT2D eigenvalue weighted by Gasteiger charge is 2.14. The molecular weight excluding hydrogens is 482 g/mol. The van der Waals surface area contributed by atoms with Gasteiger partial charge in [0, 0.05) is 35.6 Å². The molecule has 1 heterocycles. The standard InChI is InChI=1S/C30H35N3O5/c1-18(31-16-28(36)21-8-10-27(35)24(13-21)17-34)11-20-7-9-25-23(12-20)14-26(33-25)30(37)32-15-22-5-4-6-29(38-3)19(22)2/h4-10,12-14,18,28,31,33-36H,11,15-17H2,1-3H3,(H,32,37). The molecule has 0 bridgehead atoms. The summed E-state index contributed by atoms with van der Waals surface area (Å²) >= 11 is 0. The van der Waals surface area contributed by atoms with Crippen LogP contribution in [0.2, 0.25) is 0 Å². The number of phenols is 1. The largest absolute Gasteiger partial charge is 0.508 e. The number of hydrogen-bond acceptors (Lipinski definition) is 6. The number of hydrogen-bond donors (Lipinski definition) is 6. The summed E-state index contributed by atoms with van der Waals surface area (Å²) < 4.78 is 5.36. The monoisotopic (exact) mass is 517 g/mol. The maximum absolute atomic E-state index is 12.8. The predicted octanol–water partition coefficient (Wildman–Crippen LogP) is 3.87. The Morgan fingerprint density at radius 1 is 1.08 bits per heavy atom. The minimum atomic E-state index is -0.766. The average Bonchev–Trinajstić information content (AvgIpc) is 3.35. The molecule has 4 rings (SSSR count). The quantitative estimate of drug-likeness (QED) is 0.179. The number of methoxy groups -OCH3 is 1. The zero-order chi connectivity index (χ0) is 27.2. The SMILES string of the molecule is COc1cccc(CNC(=O)c2cc3cc(CC(C)NCC(O)c4ccc(O)c(CO)c4)ccc3[nH]2)c1C. The van der Waals surface area contributed by atoms with Crippen molar-refractivity contribution < 1.29 is 24.9 Å². The summed E-state index contributed by atoms with van der Waals surface area (Å²) in [5.74, 6) is 0.634. The van der Waals surface area contributed by atoms with Gasteiger partial charge in [0.05, 0.1) is 19.8 Å². The Hall–Kier alpha value is -3.85. The number of fused-ring (bicyclic) bond motifs is 1. The molecule has 4 aromatic rings. The van der Waals surface area contributed by atoms with Crippen LogP contribution in [0.3, 0.4) is 0 Å². The van der Waals surface area contributed by atoms with Crippen LogP contribution in [0.5, 0.6) is 11.5 Å². The van der Waals surface area contributed by atoms with E-state index in [4.69, 9.17) is 4.74 Å². The number of amides is 1. The number of aromatic hydroxyl groups is 1. The Morgan fingerprint density at radius 2 is 1.89 bits per heavy atom. The second kappa shape index (κ2) is 12.1. The molecule has 3 aromatic carbocycles. The maximum Gasteiger partial charge on any atom is 0.267 e. The number of carbonyl (C=O) groups excluding carboxylic acids is 1. The Labute approximate surface area is 222 Å². The molecule has 2 atom stereocenters. The molecule has 0 fully saturated rings. The highest BCUT2D eigenvalue weighted by Crippen LogP contribution is 2.23. The summed E-state index contributed by atoms with van der Waals surface area (Å²) in [7, 11) is 1.63. The lowest BCUT2D eigenvalue weighted by molar-refractivity contribution is 0.0946. The van der Waals surface area contributed by atoms with Crippen LogP contribution < -0.4 is 15.4 Å². The van der Waals surface area contributed by atoms with E-state index in [0.717, 1.165) is 39.8 Å². The minimum absolute atomic E-state index is 0.0116. The Kier molecular flexibility index (Phi) is 8.68. The maximum atomic E-state index is 12.8. The number of aliphatic hydroxyl groups excluding tert-OH is 2. The van der Waals surface area contributed by atoms with Gasteiger partial charge in [-0.25, -0.2) is 0 Å². The van der Waals surface area contributed by atoms with Crippen molar-refractivity contribution in [2.24, 2.45) is 0 Å². The van der Waals surface area contributed by atoms with Gasteiger partial charge in [0.2, 0.25) is 0 Å². The molecule has 8 heteroatoms. The van der Waals surface area contributed by atoms with Crippen LogP contribution in [-0.4, -0.2) is 45.9 Å². The lowest BCUT2D eigenvalue weighted by Gasteiger charge is -2.18. The Balaban J connectivity index is 1.34. The third-order valence-corrected chi connectivity index (χ3v) is 6.85. The molecule has 200 valence electrons. The summed E-state index contributed by atoms with van der Waals surface area (Å²) in [5.41, 5.74) is 5.53. The van der Waals surface area contributed by atoms with Crippen LogP contribution >= 0.6 is 0 Å². The van der Waals surface area contributed by atoms with E-state index in [2.05, 4.69) is 21.7 Å². The molecule has 1 amide bonds. The van der Waals surface area contributed by atoms with Gasteiger partial charge in [-0.3, -0.25) is 4.79 Å². The first-order chi connectivity index (χ1) is 18.3. The molecular formula is C30H35N3O5. The van der Waals surface area contributed by atoms with Gasteiger partial charge in [0.15, 0.2) is 0 Å². The van der Waals surface area contributed by atoms with Gasteiger partial charge in [-0.2, -0.15) is 0 Å². The summed E-state index contributed by atoms with van der Waals surface area (Å²) in [4.78, 5) is 16.0. The average molecular weight is 518 g/mol. The van der Waals surface area contributed by atoms with E-state index in [1.807, 2.05) is 50.2 Å². The molecule has 0 aliphatic rings. The minimum Gasteiger partial charge on any atom is -0.508 e.